The minimum Gasteiger partial charge on any atom is -0.249 e. The second-order valence-electron chi connectivity index (χ2n) is 2.52. The molecule has 0 aliphatic rings. The molecule has 0 heterocycles. The van der Waals surface area contributed by atoms with Crippen molar-refractivity contribution in [1.82, 2.24) is 0 Å². The second kappa shape index (κ2) is 4.53. The Hall–Kier alpha value is -0.470. The van der Waals surface area contributed by atoms with Crippen LogP contribution in [0.5, 0.6) is 0 Å². The summed E-state index contributed by atoms with van der Waals surface area (Å²) in [7, 11) is -1.74. The number of rotatable bonds is 3. The first kappa shape index (κ1) is 9.62. The third-order valence-corrected chi connectivity index (χ3v) is 2.51. The smallest absolute Gasteiger partial charge is 0.233 e. The lowest BCUT2D eigenvalue weighted by Crippen LogP contribution is -1.95. The van der Waals surface area contributed by atoms with Gasteiger partial charge in [0.2, 0.25) is 8.38 Å². The Kier molecular flexibility index (Phi) is 3.63. The van der Waals surface area contributed by atoms with Gasteiger partial charge in [-0.05, 0) is 18.1 Å². The van der Waals surface area contributed by atoms with Crippen molar-refractivity contribution >= 4 is 8.38 Å². The minimum absolute atomic E-state index is 0.387. The van der Waals surface area contributed by atoms with Crippen LogP contribution in [0.4, 0.5) is 0 Å². The van der Waals surface area contributed by atoms with E-state index in [0.717, 1.165) is 11.1 Å². The van der Waals surface area contributed by atoms with Crippen LogP contribution >= 0.6 is 8.38 Å². The molecule has 0 spiro atoms. The summed E-state index contributed by atoms with van der Waals surface area (Å²) in [5.41, 5.74) is 2.13. The Morgan fingerprint density at radius 3 is 2.75 bits per heavy atom. The van der Waals surface area contributed by atoms with Gasteiger partial charge in [-0.3, -0.25) is 0 Å². The van der Waals surface area contributed by atoms with E-state index in [1.807, 2.05) is 31.2 Å². The van der Waals surface area contributed by atoms with E-state index < -0.39 is 8.38 Å². The van der Waals surface area contributed by atoms with Gasteiger partial charge in [0, 0.05) is 6.16 Å². The fraction of sp³-hybridized carbons (Fsp3) is 0.250. The predicted molar refractivity (Wildman–Crippen MR) is 47.8 cm³/mol. The molecule has 4 heteroatoms. The third kappa shape index (κ3) is 2.54. The van der Waals surface area contributed by atoms with Crippen molar-refractivity contribution in [2.24, 2.45) is 5.90 Å². The summed E-state index contributed by atoms with van der Waals surface area (Å²) in [6.45, 7) is 1.97. The van der Waals surface area contributed by atoms with E-state index in [-0.39, 0.29) is 0 Å². The van der Waals surface area contributed by atoms with Crippen molar-refractivity contribution in [3.8, 4) is 0 Å². The quantitative estimate of drug-likeness (QED) is 0.577. The van der Waals surface area contributed by atoms with E-state index in [1.165, 1.54) is 0 Å². The Balaban J connectivity index is 2.69. The van der Waals surface area contributed by atoms with Crippen LogP contribution in [-0.4, -0.2) is 0 Å². The maximum absolute atomic E-state index is 10.9. The minimum atomic E-state index is -1.74. The van der Waals surface area contributed by atoms with E-state index in [9.17, 15) is 4.89 Å². The summed E-state index contributed by atoms with van der Waals surface area (Å²) in [5, 5.41) is 0. The van der Waals surface area contributed by atoms with Crippen molar-refractivity contribution in [3.63, 3.8) is 0 Å². The lowest BCUT2D eigenvalue weighted by molar-refractivity contribution is 0.294. The molecule has 0 fully saturated rings. The molecule has 0 bridgehead atoms. The van der Waals surface area contributed by atoms with Gasteiger partial charge < -0.3 is 0 Å². The highest BCUT2D eigenvalue weighted by molar-refractivity contribution is 7.44. The van der Waals surface area contributed by atoms with Crippen molar-refractivity contribution in [2.75, 3.05) is 0 Å². The van der Waals surface area contributed by atoms with E-state index in [4.69, 9.17) is 5.90 Å². The molecule has 0 saturated heterocycles. The molecule has 2 N–H and O–H groups in total. The highest BCUT2D eigenvalue weighted by atomic mass is 31.2. The van der Waals surface area contributed by atoms with Crippen LogP contribution in [0.3, 0.4) is 0 Å². The van der Waals surface area contributed by atoms with Crippen LogP contribution in [-0.2, 0) is 15.7 Å². The highest BCUT2D eigenvalue weighted by Gasteiger charge is 2.08. The molecule has 3 nitrogen and oxygen atoms in total. The Bertz CT molecular complexity index is 255. The van der Waals surface area contributed by atoms with Crippen LogP contribution in [0, 0.1) is 6.92 Å². The van der Waals surface area contributed by atoms with Gasteiger partial charge >= 0.3 is 0 Å². The average Bonchev–Trinajstić information content (AvgIpc) is 2.09. The van der Waals surface area contributed by atoms with E-state index in [1.54, 1.807) is 0 Å². The van der Waals surface area contributed by atoms with Crippen molar-refractivity contribution in [1.29, 1.82) is 0 Å². The van der Waals surface area contributed by atoms with Gasteiger partial charge in [-0.2, -0.15) is 4.89 Å². The fourth-order valence-corrected chi connectivity index (χ4v) is 1.67. The summed E-state index contributed by atoms with van der Waals surface area (Å²) >= 11 is 0. The summed E-state index contributed by atoms with van der Waals surface area (Å²) in [6.07, 6.45) is 0.387. The summed E-state index contributed by atoms with van der Waals surface area (Å²) in [4.78, 5) is 10.9. The van der Waals surface area contributed by atoms with Gasteiger partial charge in [0.15, 0.2) is 0 Å². The van der Waals surface area contributed by atoms with Crippen LogP contribution in [0.1, 0.15) is 11.1 Å². The van der Waals surface area contributed by atoms with Gasteiger partial charge in [0.05, 0.1) is 0 Å². The third-order valence-electron chi connectivity index (χ3n) is 1.68. The molecular weight excluding hydrogens is 173 g/mol. The molecule has 0 aliphatic heterocycles. The first-order valence-corrected chi connectivity index (χ1v) is 4.96. The van der Waals surface area contributed by atoms with Crippen LogP contribution in [0.2, 0.25) is 0 Å². The molecule has 1 unspecified atom stereocenters. The normalized spacial score (nSPS) is 12.9. The molecule has 1 radical (unpaired) electrons. The standard InChI is InChI=1S/C8H11NO2P/c1-7-4-2-3-5-8(7)6-12(10)11-9/h2-5H,6,9H2,1H3. The molecule has 65 valence electrons. The molecule has 1 atom stereocenters. The zero-order chi connectivity index (χ0) is 8.97. The van der Waals surface area contributed by atoms with Gasteiger partial charge in [0.1, 0.15) is 0 Å². The SMILES string of the molecule is Cc1ccccc1CP([O])ON. The molecule has 0 aliphatic carbocycles. The van der Waals surface area contributed by atoms with Crippen molar-refractivity contribution < 1.29 is 9.52 Å². The molecule has 1 rings (SSSR count). The lowest BCUT2D eigenvalue weighted by atomic mass is 10.1. The highest BCUT2D eigenvalue weighted by Crippen LogP contribution is 2.35. The first-order chi connectivity index (χ1) is 5.74. The molecule has 12 heavy (non-hydrogen) atoms. The number of nitrogens with two attached hydrogens (primary N) is 1. The van der Waals surface area contributed by atoms with Crippen LogP contribution in [0.15, 0.2) is 24.3 Å². The Morgan fingerprint density at radius 2 is 2.17 bits per heavy atom. The summed E-state index contributed by atoms with van der Waals surface area (Å²) in [5.74, 6) is 4.79. The average molecular weight is 184 g/mol. The second-order valence-corrected chi connectivity index (χ2v) is 3.72. The van der Waals surface area contributed by atoms with Gasteiger partial charge in [0.25, 0.3) is 0 Å². The van der Waals surface area contributed by atoms with Crippen LogP contribution < -0.4 is 5.90 Å². The monoisotopic (exact) mass is 184 g/mol. The van der Waals surface area contributed by atoms with Crippen molar-refractivity contribution in [2.45, 2.75) is 13.1 Å². The summed E-state index contributed by atoms with van der Waals surface area (Å²) < 4.78 is 4.22. The van der Waals surface area contributed by atoms with E-state index in [2.05, 4.69) is 4.62 Å². The Morgan fingerprint density at radius 1 is 1.50 bits per heavy atom. The van der Waals surface area contributed by atoms with Gasteiger partial charge in [-0.25, -0.2) is 10.5 Å². The zero-order valence-corrected chi connectivity index (χ0v) is 7.75. The first-order valence-electron chi connectivity index (χ1n) is 3.60. The predicted octanol–water partition coefficient (Wildman–Crippen LogP) is 2.13. The number of hydrogen-bond acceptors (Lipinski definition) is 2. The largest absolute Gasteiger partial charge is 0.249 e. The topological polar surface area (TPSA) is 55.1 Å². The lowest BCUT2D eigenvalue weighted by Gasteiger charge is -2.06. The molecule has 0 amide bonds. The Labute approximate surface area is 73.0 Å². The van der Waals surface area contributed by atoms with Gasteiger partial charge in [-0.15, -0.1) is 0 Å². The number of benzene rings is 1. The fourth-order valence-electron chi connectivity index (χ4n) is 0.964. The molecule has 0 saturated carbocycles. The zero-order valence-electron chi connectivity index (χ0n) is 6.86. The molecule has 0 aromatic heterocycles. The summed E-state index contributed by atoms with van der Waals surface area (Å²) in [6, 6.07) is 7.73. The van der Waals surface area contributed by atoms with E-state index in [0.29, 0.717) is 6.16 Å². The molecule has 1 aromatic rings. The molecule has 1 aromatic carbocycles. The van der Waals surface area contributed by atoms with Crippen molar-refractivity contribution in [3.05, 3.63) is 35.4 Å². The van der Waals surface area contributed by atoms with Crippen LogP contribution in [0.25, 0.3) is 0 Å². The molecular formula is C8H11NO2P. The maximum atomic E-state index is 10.9. The van der Waals surface area contributed by atoms with E-state index >= 15 is 0 Å². The number of aryl methyl sites for hydroxylation is 1. The van der Waals surface area contributed by atoms with Gasteiger partial charge in [-0.1, -0.05) is 24.3 Å². The number of hydrogen-bond donors (Lipinski definition) is 1. The maximum Gasteiger partial charge on any atom is 0.233 e.